The number of nitrogens with zero attached hydrogens (tertiary/aromatic N) is 1. The van der Waals surface area contributed by atoms with Gasteiger partial charge in [-0.15, -0.1) is 11.6 Å². The molecule has 0 fully saturated rings. The van der Waals surface area contributed by atoms with Crippen LogP contribution in [-0.4, -0.2) is 18.9 Å². The summed E-state index contributed by atoms with van der Waals surface area (Å²) in [7, 11) is 0. The van der Waals surface area contributed by atoms with Gasteiger partial charge in [-0.05, 0) is 43.7 Å². The lowest BCUT2D eigenvalue weighted by Crippen LogP contribution is -2.21. The second kappa shape index (κ2) is 7.28. The first-order chi connectivity index (χ1) is 10.2. The van der Waals surface area contributed by atoms with Gasteiger partial charge in [0.1, 0.15) is 5.38 Å². The molecule has 110 valence electrons. The quantitative estimate of drug-likeness (QED) is 0.569. The van der Waals surface area contributed by atoms with Gasteiger partial charge in [-0.25, -0.2) is 0 Å². The van der Waals surface area contributed by atoms with Crippen molar-refractivity contribution in [1.29, 1.82) is 0 Å². The Morgan fingerprint density at radius 1 is 1.00 bits per heavy atom. The van der Waals surface area contributed by atoms with Gasteiger partial charge in [-0.3, -0.25) is 4.79 Å². The molecule has 0 aliphatic heterocycles. The number of anilines is 1. The van der Waals surface area contributed by atoms with E-state index in [4.69, 9.17) is 11.6 Å². The molecule has 0 heterocycles. The van der Waals surface area contributed by atoms with Crippen LogP contribution in [0.1, 0.15) is 35.1 Å². The second-order valence-corrected chi connectivity index (χ2v) is 5.29. The highest BCUT2D eigenvalue weighted by Gasteiger charge is 2.19. The molecule has 0 aliphatic rings. The SMILES string of the molecule is CCN(CC)c1ccc(C(=O)C(Cl)c2ccccc2)cc1. The first-order valence-electron chi connectivity index (χ1n) is 7.25. The Hall–Kier alpha value is -1.80. The van der Waals surface area contributed by atoms with Crippen LogP contribution in [0.5, 0.6) is 0 Å². The van der Waals surface area contributed by atoms with Crippen molar-refractivity contribution in [2.24, 2.45) is 0 Å². The number of benzene rings is 2. The van der Waals surface area contributed by atoms with E-state index in [1.54, 1.807) is 0 Å². The van der Waals surface area contributed by atoms with Crippen molar-refractivity contribution in [3.8, 4) is 0 Å². The monoisotopic (exact) mass is 301 g/mol. The Kier molecular flexibility index (Phi) is 5.40. The fourth-order valence-electron chi connectivity index (χ4n) is 2.34. The molecular weight excluding hydrogens is 282 g/mol. The summed E-state index contributed by atoms with van der Waals surface area (Å²) in [6.07, 6.45) is 0. The fourth-order valence-corrected chi connectivity index (χ4v) is 2.62. The molecule has 2 aromatic carbocycles. The zero-order chi connectivity index (χ0) is 15.2. The molecule has 2 aromatic rings. The van der Waals surface area contributed by atoms with Crippen LogP contribution in [0, 0.1) is 0 Å². The summed E-state index contributed by atoms with van der Waals surface area (Å²) < 4.78 is 0. The number of hydrogen-bond donors (Lipinski definition) is 0. The Labute approximate surface area is 131 Å². The normalized spacial score (nSPS) is 12.0. The van der Waals surface area contributed by atoms with Crippen LogP contribution in [0.15, 0.2) is 54.6 Å². The van der Waals surface area contributed by atoms with E-state index in [0.717, 1.165) is 24.3 Å². The van der Waals surface area contributed by atoms with Crippen LogP contribution in [0.2, 0.25) is 0 Å². The number of Topliss-reactive ketones (excluding diaryl/α,β-unsaturated/α-hetero) is 1. The molecule has 0 aliphatic carbocycles. The summed E-state index contributed by atoms with van der Waals surface area (Å²) >= 11 is 6.29. The zero-order valence-electron chi connectivity index (χ0n) is 12.4. The number of carbonyl (C=O) groups is 1. The molecule has 21 heavy (non-hydrogen) atoms. The summed E-state index contributed by atoms with van der Waals surface area (Å²) in [5.74, 6) is -0.0611. The van der Waals surface area contributed by atoms with Crippen molar-refractivity contribution in [1.82, 2.24) is 0 Å². The number of alkyl halides is 1. The van der Waals surface area contributed by atoms with Crippen molar-refractivity contribution in [2.75, 3.05) is 18.0 Å². The Morgan fingerprint density at radius 3 is 2.10 bits per heavy atom. The molecule has 0 radical (unpaired) electrons. The molecule has 0 saturated carbocycles. The number of hydrogen-bond acceptors (Lipinski definition) is 2. The lowest BCUT2D eigenvalue weighted by atomic mass is 10.0. The topological polar surface area (TPSA) is 20.3 Å². The summed E-state index contributed by atoms with van der Waals surface area (Å²) in [5, 5.41) is -0.634. The molecule has 2 rings (SSSR count). The molecule has 0 spiro atoms. The highest BCUT2D eigenvalue weighted by molar-refractivity contribution is 6.33. The lowest BCUT2D eigenvalue weighted by molar-refractivity contribution is 0.0987. The predicted molar refractivity (Wildman–Crippen MR) is 89.4 cm³/mol. The molecule has 0 aromatic heterocycles. The average molecular weight is 302 g/mol. The van der Waals surface area contributed by atoms with E-state index in [1.807, 2.05) is 54.6 Å². The largest absolute Gasteiger partial charge is 0.372 e. The van der Waals surface area contributed by atoms with Crippen molar-refractivity contribution in [2.45, 2.75) is 19.2 Å². The maximum absolute atomic E-state index is 12.4. The van der Waals surface area contributed by atoms with E-state index < -0.39 is 5.38 Å². The van der Waals surface area contributed by atoms with E-state index in [2.05, 4.69) is 18.7 Å². The smallest absolute Gasteiger partial charge is 0.185 e. The molecule has 1 atom stereocenters. The summed E-state index contributed by atoms with van der Waals surface area (Å²) in [4.78, 5) is 14.7. The predicted octanol–water partition coefficient (Wildman–Crippen LogP) is 4.70. The number of carbonyl (C=O) groups excluding carboxylic acids is 1. The van der Waals surface area contributed by atoms with E-state index in [9.17, 15) is 4.79 Å². The van der Waals surface area contributed by atoms with E-state index in [0.29, 0.717) is 5.56 Å². The van der Waals surface area contributed by atoms with Crippen LogP contribution >= 0.6 is 11.6 Å². The fraction of sp³-hybridized carbons (Fsp3) is 0.278. The molecule has 3 heteroatoms. The third-order valence-electron chi connectivity index (χ3n) is 3.60. The van der Waals surface area contributed by atoms with Crippen molar-refractivity contribution in [3.05, 3.63) is 65.7 Å². The van der Waals surface area contributed by atoms with Gasteiger partial charge in [0.05, 0.1) is 0 Å². The van der Waals surface area contributed by atoms with Crippen LogP contribution in [0.4, 0.5) is 5.69 Å². The van der Waals surface area contributed by atoms with Gasteiger partial charge in [0.2, 0.25) is 0 Å². The third-order valence-corrected chi connectivity index (χ3v) is 4.05. The number of rotatable bonds is 6. The van der Waals surface area contributed by atoms with Gasteiger partial charge in [0, 0.05) is 24.3 Å². The molecule has 2 nitrogen and oxygen atoms in total. The van der Waals surface area contributed by atoms with Crippen molar-refractivity contribution < 1.29 is 4.79 Å². The first-order valence-corrected chi connectivity index (χ1v) is 7.69. The van der Waals surface area contributed by atoms with Gasteiger partial charge in [0.25, 0.3) is 0 Å². The first kappa shape index (κ1) is 15.6. The minimum Gasteiger partial charge on any atom is -0.372 e. The molecule has 0 N–H and O–H groups in total. The van der Waals surface area contributed by atoms with E-state index in [-0.39, 0.29) is 5.78 Å². The Morgan fingerprint density at radius 2 is 1.57 bits per heavy atom. The van der Waals surface area contributed by atoms with Crippen LogP contribution in [0.3, 0.4) is 0 Å². The highest BCUT2D eigenvalue weighted by Crippen LogP contribution is 2.26. The molecule has 0 saturated heterocycles. The summed E-state index contributed by atoms with van der Waals surface area (Å²) in [6, 6.07) is 17.1. The standard InChI is InChI=1S/C18H20ClNO/c1-3-20(4-2)16-12-10-15(11-13-16)18(21)17(19)14-8-6-5-7-9-14/h5-13,17H,3-4H2,1-2H3. The average Bonchev–Trinajstić information content (AvgIpc) is 2.56. The van der Waals surface area contributed by atoms with Gasteiger partial charge in [-0.2, -0.15) is 0 Å². The van der Waals surface area contributed by atoms with E-state index in [1.165, 1.54) is 0 Å². The summed E-state index contributed by atoms with van der Waals surface area (Å²) in [6.45, 7) is 6.14. The van der Waals surface area contributed by atoms with Gasteiger partial charge < -0.3 is 4.90 Å². The molecule has 1 unspecified atom stereocenters. The van der Waals surface area contributed by atoms with Gasteiger partial charge >= 0.3 is 0 Å². The van der Waals surface area contributed by atoms with Crippen LogP contribution in [0.25, 0.3) is 0 Å². The lowest BCUT2D eigenvalue weighted by Gasteiger charge is -2.21. The second-order valence-electron chi connectivity index (χ2n) is 4.86. The van der Waals surface area contributed by atoms with Crippen LogP contribution < -0.4 is 4.90 Å². The number of halogens is 1. The molecule has 0 amide bonds. The van der Waals surface area contributed by atoms with E-state index >= 15 is 0 Å². The third kappa shape index (κ3) is 3.64. The van der Waals surface area contributed by atoms with Crippen molar-refractivity contribution >= 4 is 23.1 Å². The van der Waals surface area contributed by atoms with Gasteiger partial charge in [0.15, 0.2) is 5.78 Å². The van der Waals surface area contributed by atoms with Gasteiger partial charge in [-0.1, -0.05) is 30.3 Å². The van der Waals surface area contributed by atoms with Crippen molar-refractivity contribution in [3.63, 3.8) is 0 Å². The Bertz CT molecular complexity index is 576. The summed E-state index contributed by atoms with van der Waals surface area (Å²) in [5.41, 5.74) is 2.61. The maximum Gasteiger partial charge on any atom is 0.185 e. The molecule has 0 bridgehead atoms. The minimum atomic E-state index is -0.634. The minimum absolute atomic E-state index is 0.0611. The highest BCUT2D eigenvalue weighted by atomic mass is 35.5. The van der Waals surface area contributed by atoms with Crippen LogP contribution in [-0.2, 0) is 0 Å². The molecular formula is C18H20ClNO. The maximum atomic E-state index is 12.4. The zero-order valence-corrected chi connectivity index (χ0v) is 13.2. The number of ketones is 1. The Balaban J connectivity index is 2.17.